The Kier molecular flexibility index (Phi) is 6.94. The van der Waals surface area contributed by atoms with Gasteiger partial charge in [0.1, 0.15) is 11.3 Å². The summed E-state index contributed by atoms with van der Waals surface area (Å²) in [5.41, 5.74) is 1.45. The molecule has 3 rings (SSSR count). The molecule has 0 radical (unpaired) electrons. The van der Waals surface area contributed by atoms with Crippen molar-refractivity contribution in [3.8, 4) is 5.75 Å². The van der Waals surface area contributed by atoms with Crippen molar-refractivity contribution in [1.82, 2.24) is 20.3 Å². The maximum Gasteiger partial charge on any atom is 0.277 e. The quantitative estimate of drug-likeness (QED) is 0.603. The number of carbonyl (C=O) groups excluding carboxylic acids is 1. The predicted molar refractivity (Wildman–Crippen MR) is 112 cm³/mol. The van der Waals surface area contributed by atoms with Crippen LogP contribution in [0.5, 0.6) is 5.75 Å². The Balaban J connectivity index is 1.43. The molecule has 3 aromatic rings. The van der Waals surface area contributed by atoms with Gasteiger partial charge in [-0.1, -0.05) is 43.3 Å². The average molecular weight is 394 g/mol. The fourth-order valence-corrected chi connectivity index (χ4v) is 2.83. The summed E-state index contributed by atoms with van der Waals surface area (Å²) >= 11 is 0. The number of rotatable bonds is 9. The highest BCUT2D eigenvalue weighted by molar-refractivity contribution is 5.77. The zero-order chi connectivity index (χ0) is 20.6. The van der Waals surface area contributed by atoms with Crippen molar-refractivity contribution in [3.63, 3.8) is 0 Å². The zero-order valence-electron chi connectivity index (χ0n) is 16.8. The molecule has 0 aliphatic rings. The summed E-state index contributed by atoms with van der Waals surface area (Å²) in [4.78, 5) is 24.5. The molecule has 1 amide bonds. The third kappa shape index (κ3) is 5.88. The maximum absolute atomic E-state index is 12.4. The summed E-state index contributed by atoms with van der Waals surface area (Å²) in [6.07, 6.45) is 0.904. The van der Waals surface area contributed by atoms with Crippen LogP contribution in [0.25, 0.3) is 10.9 Å². The Labute approximate surface area is 169 Å². The minimum absolute atomic E-state index is 0.122. The second-order valence-corrected chi connectivity index (χ2v) is 7.33. The SMILES string of the molecule is CC(C)COc1ccc(CCNC(=O)CCn2nnc3ccccc3c2=O)cc1. The van der Waals surface area contributed by atoms with Crippen LogP contribution in [0.4, 0.5) is 0 Å². The summed E-state index contributed by atoms with van der Waals surface area (Å²) in [5.74, 6) is 1.22. The normalized spacial score (nSPS) is 11.0. The van der Waals surface area contributed by atoms with Gasteiger partial charge in [-0.15, -0.1) is 5.10 Å². The number of nitrogens with one attached hydrogen (secondary N) is 1. The van der Waals surface area contributed by atoms with Crippen LogP contribution in [0.1, 0.15) is 25.8 Å². The molecular weight excluding hydrogens is 368 g/mol. The van der Waals surface area contributed by atoms with Gasteiger partial charge in [-0.25, -0.2) is 4.68 Å². The fourth-order valence-electron chi connectivity index (χ4n) is 2.83. The van der Waals surface area contributed by atoms with Crippen molar-refractivity contribution in [2.45, 2.75) is 33.2 Å². The molecule has 0 fully saturated rings. The number of carbonyl (C=O) groups is 1. The fraction of sp³-hybridized carbons (Fsp3) is 0.364. The summed E-state index contributed by atoms with van der Waals surface area (Å²) < 4.78 is 6.90. The number of benzene rings is 2. The number of ether oxygens (including phenoxy) is 1. The van der Waals surface area contributed by atoms with Gasteiger partial charge in [0, 0.05) is 13.0 Å². The van der Waals surface area contributed by atoms with Crippen LogP contribution in [0, 0.1) is 5.92 Å². The second kappa shape index (κ2) is 9.82. The summed E-state index contributed by atoms with van der Waals surface area (Å²) in [7, 11) is 0. The smallest absolute Gasteiger partial charge is 0.277 e. The van der Waals surface area contributed by atoms with Gasteiger partial charge in [0.15, 0.2) is 0 Å². The lowest BCUT2D eigenvalue weighted by Crippen LogP contribution is -2.30. The molecule has 7 heteroatoms. The minimum Gasteiger partial charge on any atom is -0.493 e. The Morgan fingerprint density at radius 2 is 1.90 bits per heavy atom. The second-order valence-electron chi connectivity index (χ2n) is 7.33. The van der Waals surface area contributed by atoms with Crippen LogP contribution in [0.15, 0.2) is 53.3 Å². The number of aryl methyl sites for hydroxylation is 1. The Hall–Kier alpha value is -3.22. The Morgan fingerprint density at radius 3 is 2.66 bits per heavy atom. The molecule has 0 aliphatic heterocycles. The minimum atomic E-state index is -0.233. The number of fused-ring (bicyclic) bond motifs is 1. The van der Waals surface area contributed by atoms with E-state index >= 15 is 0 Å². The Morgan fingerprint density at radius 1 is 1.14 bits per heavy atom. The van der Waals surface area contributed by atoms with Crippen LogP contribution in [-0.4, -0.2) is 34.1 Å². The van der Waals surface area contributed by atoms with Gasteiger partial charge in [-0.3, -0.25) is 9.59 Å². The van der Waals surface area contributed by atoms with Gasteiger partial charge >= 0.3 is 0 Å². The molecule has 0 atom stereocenters. The first-order valence-electron chi connectivity index (χ1n) is 9.84. The van der Waals surface area contributed by atoms with Crippen molar-refractivity contribution in [2.75, 3.05) is 13.2 Å². The molecule has 0 bridgehead atoms. The molecule has 152 valence electrons. The molecule has 7 nitrogen and oxygen atoms in total. The topological polar surface area (TPSA) is 86.1 Å². The summed E-state index contributed by atoms with van der Waals surface area (Å²) in [6, 6.07) is 14.9. The molecule has 0 saturated heterocycles. The Bertz CT molecular complexity index is 1010. The van der Waals surface area contributed by atoms with Gasteiger partial charge in [-0.2, -0.15) is 0 Å². The third-order valence-corrected chi connectivity index (χ3v) is 4.42. The van der Waals surface area contributed by atoms with Crippen LogP contribution in [0.3, 0.4) is 0 Å². The highest BCUT2D eigenvalue weighted by Gasteiger charge is 2.07. The van der Waals surface area contributed by atoms with E-state index in [4.69, 9.17) is 4.74 Å². The van der Waals surface area contributed by atoms with E-state index in [2.05, 4.69) is 29.5 Å². The van der Waals surface area contributed by atoms with Gasteiger partial charge in [0.05, 0.1) is 18.5 Å². The van der Waals surface area contributed by atoms with E-state index < -0.39 is 0 Å². The van der Waals surface area contributed by atoms with Crippen LogP contribution in [0.2, 0.25) is 0 Å². The summed E-state index contributed by atoms with van der Waals surface area (Å²) in [6.45, 7) is 5.65. The van der Waals surface area contributed by atoms with Crippen molar-refractivity contribution in [2.24, 2.45) is 5.92 Å². The first-order chi connectivity index (χ1) is 14.0. The molecule has 0 aliphatic carbocycles. The first-order valence-corrected chi connectivity index (χ1v) is 9.84. The molecule has 29 heavy (non-hydrogen) atoms. The first kappa shape index (κ1) is 20.5. The van der Waals surface area contributed by atoms with E-state index in [1.807, 2.05) is 24.3 Å². The van der Waals surface area contributed by atoms with Crippen LogP contribution in [-0.2, 0) is 17.8 Å². The molecule has 0 spiro atoms. The van der Waals surface area contributed by atoms with E-state index in [0.717, 1.165) is 17.7 Å². The lowest BCUT2D eigenvalue weighted by atomic mass is 10.1. The van der Waals surface area contributed by atoms with Crippen molar-refractivity contribution < 1.29 is 9.53 Å². The highest BCUT2D eigenvalue weighted by atomic mass is 16.5. The van der Waals surface area contributed by atoms with Gasteiger partial charge in [-0.05, 0) is 42.2 Å². The van der Waals surface area contributed by atoms with Gasteiger partial charge in [0.2, 0.25) is 5.91 Å². The van der Waals surface area contributed by atoms with E-state index in [-0.39, 0.29) is 24.4 Å². The zero-order valence-corrected chi connectivity index (χ0v) is 16.8. The monoisotopic (exact) mass is 394 g/mol. The van der Waals surface area contributed by atoms with E-state index in [1.54, 1.807) is 24.3 Å². The van der Waals surface area contributed by atoms with Crippen molar-refractivity contribution in [1.29, 1.82) is 0 Å². The van der Waals surface area contributed by atoms with E-state index in [1.165, 1.54) is 4.68 Å². The third-order valence-electron chi connectivity index (χ3n) is 4.42. The number of nitrogens with zero attached hydrogens (tertiary/aromatic N) is 3. The molecule has 0 saturated carbocycles. The molecule has 2 aromatic carbocycles. The highest BCUT2D eigenvalue weighted by Crippen LogP contribution is 2.13. The van der Waals surface area contributed by atoms with Gasteiger partial charge in [0.25, 0.3) is 5.56 Å². The lowest BCUT2D eigenvalue weighted by molar-refractivity contribution is -0.121. The molecule has 1 aromatic heterocycles. The number of aromatic nitrogens is 3. The lowest BCUT2D eigenvalue weighted by Gasteiger charge is -2.10. The van der Waals surface area contributed by atoms with Crippen molar-refractivity contribution >= 4 is 16.8 Å². The number of amides is 1. The molecular formula is C22H26N4O3. The largest absolute Gasteiger partial charge is 0.493 e. The van der Waals surface area contributed by atoms with E-state index in [9.17, 15) is 9.59 Å². The predicted octanol–water partition coefficient (Wildman–Crippen LogP) is 2.58. The molecule has 1 heterocycles. The number of hydrogen-bond donors (Lipinski definition) is 1. The van der Waals surface area contributed by atoms with Crippen LogP contribution >= 0.6 is 0 Å². The molecule has 1 N–H and O–H groups in total. The molecule has 0 unspecified atom stereocenters. The standard InChI is InChI=1S/C22H26N4O3/c1-16(2)15-29-18-9-7-17(8-10-18)11-13-23-21(27)12-14-26-22(28)19-5-3-4-6-20(19)24-25-26/h3-10,16H,11-15H2,1-2H3,(H,23,27). The average Bonchev–Trinajstić information content (AvgIpc) is 2.73. The van der Waals surface area contributed by atoms with Crippen LogP contribution < -0.4 is 15.6 Å². The van der Waals surface area contributed by atoms with E-state index in [0.29, 0.717) is 30.0 Å². The number of hydrogen-bond acceptors (Lipinski definition) is 5. The van der Waals surface area contributed by atoms with Gasteiger partial charge < -0.3 is 10.1 Å². The van der Waals surface area contributed by atoms with Crippen molar-refractivity contribution in [3.05, 3.63) is 64.4 Å². The summed E-state index contributed by atoms with van der Waals surface area (Å²) in [5, 5.41) is 11.3. The maximum atomic E-state index is 12.4.